The standard InChI is InChI=1S/C12H11ClN2/c1-14-10-4-5-12-11(7-10)9(8-15-12)3-2-6-13/h4-5,7-8,15H,2-3,6H2. The maximum absolute atomic E-state index is 6.97. The smallest absolute Gasteiger partial charge is 0.187 e. The molecule has 0 atom stereocenters. The van der Waals surface area contributed by atoms with Crippen LogP contribution in [0.5, 0.6) is 0 Å². The van der Waals surface area contributed by atoms with Crippen LogP contribution >= 0.6 is 11.6 Å². The number of aryl methyl sites for hydroxylation is 1. The van der Waals surface area contributed by atoms with Crippen molar-refractivity contribution in [1.29, 1.82) is 0 Å². The molecule has 2 rings (SSSR count). The van der Waals surface area contributed by atoms with Crippen molar-refractivity contribution in [2.75, 3.05) is 5.88 Å². The number of hydrogen-bond acceptors (Lipinski definition) is 0. The Balaban J connectivity index is 2.43. The molecule has 0 aliphatic carbocycles. The minimum absolute atomic E-state index is 0.676. The van der Waals surface area contributed by atoms with Gasteiger partial charge in [-0.2, -0.15) is 0 Å². The lowest BCUT2D eigenvalue weighted by molar-refractivity contribution is 0.936. The lowest BCUT2D eigenvalue weighted by Gasteiger charge is -1.97. The van der Waals surface area contributed by atoms with Crippen molar-refractivity contribution < 1.29 is 0 Å². The van der Waals surface area contributed by atoms with Gasteiger partial charge in [0.2, 0.25) is 0 Å². The number of H-pyrrole nitrogens is 1. The first kappa shape index (κ1) is 10.1. The molecular formula is C12H11ClN2. The molecule has 0 unspecified atom stereocenters. The Morgan fingerprint density at radius 1 is 1.40 bits per heavy atom. The van der Waals surface area contributed by atoms with Gasteiger partial charge in [0.15, 0.2) is 5.69 Å². The number of halogens is 1. The van der Waals surface area contributed by atoms with Gasteiger partial charge in [0, 0.05) is 17.6 Å². The van der Waals surface area contributed by atoms with Crippen LogP contribution in [-0.4, -0.2) is 10.9 Å². The molecule has 0 saturated carbocycles. The Hall–Kier alpha value is -1.46. The van der Waals surface area contributed by atoms with Gasteiger partial charge in [-0.15, -0.1) is 11.6 Å². The summed E-state index contributed by atoms with van der Waals surface area (Å²) < 4.78 is 0. The number of nitrogens with zero attached hydrogens (tertiary/aromatic N) is 1. The average molecular weight is 219 g/mol. The van der Waals surface area contributed by atoms with Gasteiger partial charge >= 0.3 is 0 Å². The molecule has 1 heterocycles. The maximum atomic E-state index is 6.97. The number of nitrogens with one attached hydrogen (secondary N) is 1. The molecule has 2 nitrogen and oxygen atoms in total. The van der Waals surface area contributed by atoms with Crippen LogP contribution in [0.1, 0.15) is 12.0 Å². The third-order valence-electron chi connectivity index (χ3n) is 2.46. The fourth-order valence-electron chi connectivity index (χ4n) is 1.70. The van der Waals surface area contributed by atoms with Gasteiger partial charge in [0.05, 0.1) is 6.57 Å². The van der Waals surface area contributed by atoms with E-state index in [9.17, 15) is 0 Å². The summed E-state index contributed by atoms with van der Waals surface area (Å²) in [5.74, 6) is 0.676. The summed E-state index contributed by atoms with van der Waals surface area (Å²) >= 11 is 5.67. The highest BCUT2D eigenvalue weighted by Gasteiger charge is 2.03. The maximum Gasteiger partial charge on any atom is 0.187 e. The van der Waals surface area contributed by atoms with E-state index in [4.69, 9.17) is 18.2 Å². The Bertz CT molecular complexity index is 508. The molecule has 1 aromatic carbocycles. The molecule has 0 bridgehead atoms. The lowest BCUT2D eigenvalue weighted by Crippen LogP contribution is -1.83. The first-order chi connectivity index (χ1) is 7.35. The highest BCUT2D eigenvalue weighted by atomic mass is 35.5. The van der Waals surface area contributed by atoms with Gasteiger partial charge in [-0.3, -0.25) is 0 Å². The molecule has 0 aliphatic heterocycles. The van der Waals surface area contributed by atoms with Crippen molar-refractivity contribution in [3.8, 4) is 0 Å². The van der Waals surface area contributed by atoms with Crippen molar-refractivity contribution in [1.82, 2.24) is 4.98 Å². The van der Waals surface area contributed by atoms with Gasteiger partial charge in [-0.05, 0) is 35.9 Å². The topological polar surface area (TPSA) is 20.1 Å². The zero-order valence-corrected chi connectivity index (χ0v) is 9.01. The van der Waals surface area contributed by atoms with E-state index in [1.165, 1.54) is 5.56 Å². The lowest BCUT2D eigenvalue weighted by atomic mass is 10.1. The summed E-state index contributed by atoms with van der Waals surface area (Å²) in [6.45, 7) is 6.97. The highest BCUT2D eigenvalue weighted by Crippen LogP contribution is 2.24. The Kier molecular flexibility index (Phi) is 2.94. The van der Waals surface area contributed by atoms with Crippen LogP contribution < -0.4 is 0 Å². The van der Waals surface area contributed by atoms with Gasteiger partial charge < -0.3 is 4.98 Å². The van der Waals surface area contributed by atoms with E-state index in [-0.39, 0.29) is 0 Å². The van der Waals surface area contributed by atoms with E-state index in [1.54, 1.807) is 0 Å². The number of fused-ring (bicyclic) bond motifs is 1. The third-order valence-corrected chi connectivity index (χ3v) is 2.73. The minimum atomic E-state index is 0.676. The van der Waals surface area contributed by atoms with E-state index in [2.05, 4.69) is 9.83 Å². The van der Waals surface area contributed by atoms with Crippen LogP contribution in [-0.2, 0) is 6.42 Å². The van der Waals surface area contributed by atoms with Gasteiger partial charge in [0.25, 0.3) is 0 Å². The second kappa shape index (κ2) is 4.37. The SMILES string of the molecule is [C-]#[N+]c1ccc2[nH]cc(CCCCl)c2c1. The van der Waals surface area contributed by atoms with Crippen LogP contribution in [0.2, 0.25) is 0 Å². The summed E-state index contributed by atoms with van der Waals surface area (Å²) in [5, 5.41) is 1.15. The number of aromatic nitrogens is 1. The number of rotatable bonds is 3. The molecule has 1 N–H and O–H groups in total. The summed E-state index contributed by atoms with van der Waals surface area (Å²) in [5.41, 5.74) is 3.03. The van der Waals surface area contributed by atoms with Crippen molar-refractivity contribution >= 4 is 28.2 Å². The highest BCUT2D eigenvalue weighted by molar-refractivity contribution is 6.17. The summed E-state index contributed by atoms with van der Waals surface area (Å²) in [6.07, 6.45) is 3.94. The van der Waals surface area contributed by atoms with E-state index >= 15 is 0 Å². The number of aromatic amines is 1. The molecule has 3 heteroatoms. The molecule has 0 fully saturated rings. The Morgan fingerprint density at radius 2 is 2.27 bits per heavy atom. The van der Waals surface area contributed by atoms with E-state index in [0.29, 0.717) is 11.6 Å². The van der Waals surface area contributed by atoms with Crippen molar-refractivity contribution in [2.24, 2.45) is 0 Å². The minimum Gasteiger partial charge on any atom is -0.361 e. The quantitative estimate of drug-likeness (QED) is 0.596. The van der Waals surface area contributed by atoms with Crippen LogP contribution in [0.4, 0.5) is 5.69 Å². The molecule has 0 aliphatic rings. The van der Waals surface area contributed by atoms with Crippen molar-refractivity contribution in [2.45, 2.75) is 12.8 Å². The molecule has 0 saturated heterocycles. The zero-order valence-electron chi connectivity index (χ0n) is 8.26. The molecule has 2 aromatic rings. The number of benzene rings is 1. The molecular weight excluding hydrogens is 208 g/mol. The molecule has 1 aromatic heterocycles. The monoisotopic (exact) mass is 218 g/mol. The molecule has 0 spiro atoms. The largest absolute Gasteiger partial charge is 0.361 e. The van der Waals surface area contributed by atoms with Crippen LogP contribution in [0.25, 0.3) is 15.7 Å². The van der Waals surface area contributed by atoms with Gasteiger partial charge in [-0.1, -0.05) is 6.07 Å². The number of hydrogen-bond donors (Lipinski definition) is 1. The van der Waals surface area contributed by atoms with E-state index in [1.807, 2.05) is 24.4 Å². The number of alkyl halides is 1. The van der Waals surface area contributed by atoms with Gasteiger partial charge in [0.1, 0.15) is 0 Å². The van der Waals surface area contributed by atoms with E-state index in [0.717, 1.165) is 23.7 Å². The second-order valence-corrected chi connectivity index (χ2v) is 3.83. The van der Waals surface area contributed by atoms with Crippen molar-refractivity contribution in [3.05, 3.63) is 41.4 Å². The predicted molar refractivity (Wildman–Crippen MR) is 63.6 cm³/mol. The van der Waals surface area contributed by atoms with Gasteiger partial charge in [-0.25, -0.2) is 4.85 Å². The molecule has 76 valence electrons. The predicted octanol–water partition coefficient (Wildman–Crippen LogP) is 3.89. The van der Waals surface area contributed by atoms with Crippen LogP contribution in [0.3, 0.4) is 0 Å². The van der Waals surface area contributed by atoms with Crippen LogP contribution in [0, 0.1) is 6.57 Å². The third kappa shape index (κ3) is 1.98. The zero-order chi connectivity index (χ0) is 10.7. The summed E-state index contributed by atoms with van der Waals surface area (Å²) in [4.78, 5) is 6.63. The first-order valence-corrected chi connectivity index (χ1v) is 5.42. The second-order valence-electron chi connectivity index (χ2n) is 3.45. The Morgan fingerprint density at radius 3 is 3.00 bits per heavy atom. The van der Waals surface area contributed by atoms with Crippen molar-refractivity contribution in [3.63, 3.8) is 0 Å². The molecule has 15 heavy (non-hydrogen) atoms. The fourth-order valence-corrected chi connectivity index (χ4v) is 1.83. The summed E-state index contributed by atoms with van der Waals surface area (Å²) in [7, 11) is 0. The fraction of sp³-hybridized carbons (Fsp3) is 0.250. The summed E-state index contributed by atoms with van der Waals surface area (Å²) in [6, 6.07) is 5.71. The van der Waals surface area contributed by atoms with E-state index < -0.39 is 0 Å². The molecule has 0 amide bonds. The normalized spacial score (nSPS) is 10.4. The first-order valence-electron chi connectivity index (χ1n) is 4.88. The average Bonchev–Trinajstić information content (AvgIpc) is 2.68. The Labute approximate surface area is 93.7 Å². The van der Waals surface area contributed by atoms with Crippen LogP contribution in [0.15, 0.2) is 24.4 Å². The molecule has 0 radical (unpaired) electrons.